The summed E-state index contributed by atoms with van der Waals surface area (Å²) < 4.78 is 0. The van der Waals surface area contributed by atoms with Crippen LogP contribution in [0.4, 0.5) is 0 Å². The minimum Gasteiger partial charge on any atom is -0.327 e. The molecule has 2 aliphatic rings. The van der Waals surface area contributed by atoms with Crippen molar-refractivity contribution in [1.82, 2.24) is 4.90 Å². The van der Waals surface area contributed by atoms with E-state index >= 15 is 0 Å². The monoisotopic (exact) mass is 266 g/mol. The van der Waals surface area contributed by atoms with Crippen LogP contribution >= 0.6 is 0 Å². The molecule has 1 saturated heterocycles. The number of nitrogens with zero attached hydrogens (tertiary/aromatic N) is 1. The van der Waals surface area contributed by atoms with Crippen molar-refractivity contribution < 1.29 is 0 Å². The van der Waals surface area contributed by atoms with Crippen LogP contribution < -0.4 is 5.73 Å². The van der Waals surface area contributed by atoms with Crippen LogP contribution in [0.3, 0.4) is 0 Å². The Bertz CT molecular complexity index is 273. The number of likely N-dealkylation sites (tertiary alicyclic amines) is 1. The summed E-state index contributed by atoms with van der Waals surface area (Å²) in [6, 6.07) is 0.428. The van der Waals surface area contributed by atoms with Gasteiger partial charge in [-0.25, -0.2) is 0 Å². The number of hydrogen-bond acceptors (Lipinski definition) is 2. The first-order chi connectivity index (χ1) is 8.99. The van der Waals surface area contributed by atoms with E-state index in [2.05, 4.69) is 32.6 Å². The number of hydrogen-bond donors (Lipinski definition) is 1. The predicted molar refractivity (Wildman–Crippen MR) is 83.1 cm³/mol. The summed E-state index contributed by atoms with van der Waals surface area (Å²) in [5.74, 6) is 2.35. The van der Waals surface area contributed by atoms with E-state index < -0.39 is 0 Å². The lowest BCUT2D eigenvalue weighted by Gasteiger charge is -2.40. The fourth-order valence-electron chi connectivity index (χ4n) is 4.59. The summed E-state index contributed by atoms with van der Waals surface area (Å²) >= 11 is 0. The van der Waals surface area contributed by atoms with Gasteiger partial charge in [0, 0.05) is 19.1 Å². The van der Waals surface area contributed by atoms with Crippen molar-refractivity contribution in [1.29, 1.82) is 0 Å². The fourth-order valence-corrected chi connectivity index (χ4v) is 4.59. The molecule has 4 atom stereocenters. The van der Waals surface area contributed by atoms with Crippen molar-refractivity contribution in [3.8, 4) is 0 Å². The highest BCUT2D eigenvalue weighted by atomic mass is 15.2. The van der Waals surface area contributed by atoms with Gasteiger partial charge in [0.15, 0.2) is 0 Å². The Morgan fingerprint density at radius 3 is 2.37 bits per heavy atom. The first kappa shape index (κ1) is 15.3. The van der Waals surface area contributed by atoms with Crippen molar-refractivity contribution in [2.45, 2.75) is 65.8 Å². The zero-order valence-electron chi connectivity index (χ0n) is 13.5. The molecule has 0 amide bonds. The van der Waals surface area contributed by atoms with Gasteiger partial charge in [-0.2, -0.15) is 0 Å². The van der Waals surface area contributed by atoms with Crippen LogP contribution in [-0.2, 0) is 0 Å². The molecule has 0 radical (unpaired) electrons. The summed E-state index contributed by atoms with van der Waals surface area (Å²) in [4.78, 5) is 2.71. The molecule has 2 fully saturated rings. The molecule has 19 heavy (non-hydrogen) atoms. The maximum absolute atomic E-state index is 6.44. The highest BCUT2D eigenvalue weighted by Crippen LogP contribution is 2.39. The van der Waals surface area contributed by atoms with Crippen LogP contribution in [0, 0.1) is 23.2 Å². The lowest BCUT2D eigenvalue weighted by molar-refractivity contribution is 0.121. The number of rotatable bonds is 4. The van der Waals surface area contributed by atoms with Crippen LogP contribution in [0.15, 0.2) is 0 Å². The van der Waals surface area contributed by atoms with Crippen molar-refractivity contribution in [2.24, 2.45) is 28.9 Å². The second-order valence-corrected chi connectivity index (χ2v) is 7.57. The van der Waals surface area contributed by atoms with Gasteiger partial charge in [-0.1, -0.05) is 27.7 Å². The van der Waals surface area contributed by atoms with E-state index in [0.29, 0.717) is 11.5 Å². The molecule has 112 valence electrons. The predicted octanol–water partition coefficient (Wildman–Crippen LogP) is 3.51. The number of nitrogens with two attached hydrogens (primary N) is 1. The topological polar surface area (TPSA) is 29.3 Å². The molecule has 1 saturated carbocycles. The quantitative estimate of drug-likeness (QED) is 0.844. The Morgan fingerprint density at radius 2 is 1.84 bits per heavy atom. The zero-order valence-corrected chi connectivity index (χ0v) is 13.5. The smallest absolute Gasteiger partial charge is 0.00844 e. The summed E-state index contributed by atoms with van der Waals surface area (Å²) in [6.07, 6.45) is 6.67. The molecular formula is C17H34N2. The van der Waals surface area contributed by atoms with E-state index in [1.165, 1.54) is 51.7 Å². The van der Waals surface area contributed by atoms with Gasteiger partial charge < -0.3 is 10.6 Å². The molecule has 1 aliphatic heterocycles. The molecule has 0 aromatic heterocycles. The van der Waals surface area contributed by atoms with Gasteiger partial charge in [0.05, 0.1) is 0 Å². The van der Waals surface area contributed by atoms with Gasteiger partial charge >= 0.3 is 0 Å². The summed E-state index contributed by atoms with van der Waals surface area (Å²) in [7, 11) is 0. The third-order valence-electron chi connectivity index (χ3n) is 6.22. The normalized spacial score (nSPS) is 39.6. The lowest BCUT2D eigenvalue weighted by Crippen LogP contribution is -2.46. The summed E-state index contributed by atoms with van der Waals surface area (Å²) in [6.45, 7) is 13.4. The first-order valence-corrected chi connectivity index (χ1v) is 8.47. The zero-order chi connectivity index (χ0) is 14.0. The van der Waals surface area contributed by atoms with Crippen LogP contribution in [0.2, 0.25) is 0 Å². The van der Waals surface area contributed by atoms with E-state index in [0.717, 1.165) is 17.8 Å². The van der Waals surface area contributed by atoms with Gasteiger partial charge in [-0.15, -0.1) is 0 Å². The standard InChI is InChI=1S/C17H34N2/c1-5-17(6-2)7-8-19(12-17)11-15-14(4)9-13(3)10-16(15)18/h13-16H,5-12,18H2,1-4H3. The average molecular weight is 266 g/mol. The Morgan fingerprint density at radius 1 is 1.16 bits per heavy atom. The minimum absolute atomic E-state index is 0.428. The molecule has 0 aromatic carbocycles. The molecule has 1 aliphatic carbocycles. The summed E-state index contributed by atoms with van der Waals surface area (Å²) in [5.41, 5.74) is 7.05. The Hall–Kier alpha value is -0.0800. The Balaban J connectivity index is 1.91. The molecule has 0 aromatic rings. The van der Waals surface area contributed by atoms with Gasteiger partial charge in [0.1, 0.15) is 0 Å². The molecule has 1 heterocycles. The SMILES string of the molecule is CCC1(CC)CCN(CC2C(C)CC(C)CC2N)C1. The molecule has 2 N–H and O–H groups in total. The van der Waals surface area contributed by atoms with Gasteiger partial charge in [0.2, 0.25) is 0 Å². The van der Waals surface area contributed by atoms with E-state index in [1.54, 1.807) is 0 Å². The molecule has 2 rings (SSSR count). The average Bonchev–Trinajstić information content (AvgIpc) is 2.78. The fraction of sp³-hybridized carbons (Fsp3) is 1.00. The van der Waals surface area contributed by atoms with E-state index in [9.17, 15) is 0 Å². The Kier molecular flexibility index (Phi) is 4.94. The highest BCUT2D eigenvalue weighted by molar-refractivity contribution is 4.92. The van der Waals surface area contributed by atoms with E-state index in [1.807, 2.05) is 0 Å². The van der Waals surface area contributed by atoms with E-state index in [4.69, 9.17) is 5.73 Å². The second kappa shape index (κ2) is 6.13. The van der Waals surface area contributed by atoms with Crippen LogP contribution in [0.25, 0.3) is 0 Å². The molecule has 2 heteroatoms. The third kappa shape index (κ3) is 3.33. The molecule has 0 bridgehead atoms. The van der Waals surface area contributed by atoms with Crippen LogP contribution in [0.1, 0.15) is 59.8 Å². The molecule has 4 unspecified atom stereocenters. The summed E-state index contributed by atoms with van der Waals surface area (Å²) in [5, 5.41) is 0. The molecule has 0 spiro atoms. The van der Waals surface area contributed by atoms with E-state index in [-0.39, 0.29) is 0 Å². The molecule has 2 nitrogen and oxygen atoms in total. The van der Waals surface area contributed by atoms with Crippen molar-refractivity contribution >= 4 is 0 Å². The minimum atomic E-state index is 0.428. The van der Waals surface area contributed by atoms with Crippen molar-refractivity contribution in [3.05, 3.63) is 0 Å². The maximum Gasteiger partial charge on any atom is 0.00844 e. The van der Waals surface area contributed by atoms with Crippen molar-refractivity contribution in [2.75, 3.05) is 19.6 Å². The highest BCUT2D eigenvalue weighted by Gasteiger charge is 2.38. The van der Waals surface area contributed by atoms with Crippen LogP contribution in [-0.4, -0.2) is 30.6 Å². The van der Waals surface area contributed by atoms with Gasteiger partial charge in [-0.3, -0.25) is 0 Å². The lowest BCUT2D eigenvalue weighted by atomic mass is 9.72. The largest absolute Gasteiger partial charge is 0.327 e. The van der Waals surface area contributed by atoms with Gasteiger partial charge in [0.25, 0.3) is 0 Å². The Labute approximate surface area is 120 Å². The third-order valence-corrected chi connectivity index (χ3v) is 6.22. The second-order valence-electron chi connectivity index (χ2n) is 7.57. The maximum atomic E-state index is 6.44. The van der Waals surface area contributed by atoms with Crippen molar-refractivity contribution in [3.63, 3.8) is 0 Å². The molecular weight excluding hydrogens is 232 g/mol. The van der Waals surface area contributed by atoms with Gasteiger partial charge in [-0.05, 0) is 61.8 Å². The van der Waals surface area contributed by atoms with Crippen LogP contribution in [0.5, 0.6) is 0 Å². The first-order valence-electron chi connectivity index (χ1n) is 8.47.